The first-order valence-electron chi connectivity index (χ1n) is 24.3. The maximum atomic E-state index is 12.8. The summed E-state index contributed by atoms with van der Waals surface area (Å²) in [5.41, 5.74) is -5.22. The minimum absolute atomic E-state index is 0.179. The Balaban J connectivity index is 1.15. The molecule has 3 aliphatic heterocycles. The molecule has 8 rings (SSSR count). The molecule has 27 atom stereocenters. The van der Waals surface area contributed by atoms with Crippen molar-refractivity contribution in [3.63, 3.8) is 0 Å². The molecule has 7 fully saturated rings. The van der Waals surface area contributed by atoms with Crippen LogP contribution >= 0.6 is 0 Å². The Hall–Kier alpha value is -1.59. The number of ether oxygens (including phenoxy) is 6. The van der Waals surface area contributed by atoms with Gasteiger partial charge in [0.15, 0.2) is 25.0 Å². The first-order chi connectivity index (χ1) is 32.2. The smallest absolute Gasteiger partial charge is 0.335 e. The van der Waals surface area contributed by atoms with Crippen LogP contribution in [0.25, 0.3) is 0 Å². The third-order valence-electron chi connectivity index (χ3n) is 19.5. The Labute approximate surface area is 400 Å². The molecule has 22 nitrogen and oxygen atoms in total. The van der Waals surface area contributed by atoms with Crippen molar-refractivity contribution in [2.45, 2.75) is 197 Å². The van der Waals surface area contributed by atoms with Gasteiger partial charge in [0.2, 0.25) is 0 Å². The van der Waals surface area contributed by atoms with Gasteiger partial charge in [-0.3, -0.25) is 0 Å². The molecule has 15 N–H and O–H groups in total. The van der Waals surface area contributed by atoms with Crippen molar-refractivity contribution >= 4 is 5.97 Å². The second-order valence-electron chi connectivity index (χ2n) is 23.1. The topological polar surface area (TPSA) is 376 Å². The average molecular weight is 993 g/mol. The van der Waals surface area contributed by atoms with Gasteiger partial charge in [-0.05, 0) is 72.5 Å². The van der Waals surface area contributed by atoms with Crippen molar-refractivity contribution < 1.29 is 110 Å². The molecule has 1 unspecified atom stereocenters. The van der Waals surface area contributed by atoms with Gasteiger partial charge in [-0.1, -0.05) is 53.2 Å². The molecule has 69 heavy (non-hydrogen) atoms. The van der Waals surface area contributed by atoms with Crippen LogP contribution in [-0.2, 0) is 33.2 Å². The zero-order chi connectivity index (χ0) is 50.9. The second kappa shape index (κ2) is 18.7. The summed E-state index contributed by atoms with van der Waals surface area (Å²) < 4.78 is 36.0. The molecule has 22 heteroatoms. The fraction of sp³-hybridized carbons (Fsp3) is 0.936. The van der Waals surface area contributed by atoms with Crippen LogP contribution in [-0.4, -0.2) is 226 Å². The molecule has 0 radical (unpaired) electrons. The molecule has 0 aromatic carbocycles. The monoisotopic (exact) mass is 992 g/mol. The number of carboxylic acids is 1. The zero-order valence-corrected chi connectivity index (χ0v) is 39.9. The number of carboxylic acid groups (broad SMARTS) is 1. The molecule has 8 aliphatic rings. The van der Waals surface area contributed by atoms with Gasteiger partial charge in [0, 0.05) is 10.8 Å². The molecule has 0 amide bonds. The summed E-state index contributed by atoms with van der Waals surface area (Å²) in [6, 6.07) is 0. The highest BCUT2D eigenvalue weighted by Gasteiger charge is 2.76. The van der Waals surface area contributed by atoms with Crippen molar-refractivity contribution in [1.29, 1.82) is 0 Å². The largest absolute Gasteiger partial charge is 0.479 e. The first-order valence-corrected chi connectivity index (χ1v) is 24.3. The van der Waals surface area contributed by atoms with E-state index in [1.54, 1.807) is 6.92 Å². The SMILES string of the molecule is CC1(C)C[C@H]2[C@H]3CC[C@@H]4[C@@]5(C)CCC(O[C@@H]6O[C@H](C(=O)O)[C@H](O)[C@H](O[C@H]7O[C@@H](CO)[C@H](O)[C@H]7O)[C@H]6O[C@@H]6O[C@H](CO)[C@@H](O)[C@H](O)[C@H]6O)[C@](C)(CO)C5=CC[C@@]4(C)[C@]3(C)[C@@H](O)[C@@H](O)[C@@]2(CO)[C@@H](O)[C@@H]1O. The third kappa shape index (κ3) is 7.68. The van der Waals surface area contributed by atoms with Crippen LogP contribution in [0.4, 0.5) is 0 Å². The summed E-state index contributed by atoms with van der Waals surface area (Å²) in [5.74, 6) is -2.63. The van der Waals surface area contributed by atoms with Crippen LogP contribution in [0.1, 0.15) is 80.1 Å². The summed E-state index contributed by atoms with van der Waals surface area (Å²) >= 11 is 0. The number of aliphatic hydroxyl groups excluding tert-OH is 14. The Morgan fingerprint density at radius 2 is 1.19 bits per heavy atom. The van der Waals surface area contributed by atoms with E-state index in [1.165, 1.54) is 0 Å². The quantitative estimate of drug-likeness (QED) is 0.0883. The minimum atomic E-state index is -2.16. The van der Waals surface area contributed by atoms with E-state index in [1.807, 2.05) is 26.8 Å². The van der Waals surface area contributed by atoms with Crippen LogP contribution in [0.15, 0.2) is 11.6 Å². The number of allylic oxidation sites excluding steroid dienone is 1. The Bertz CT molecular complexity index is 1910. The van der Waals surface area contributed by atoms with E-state index in [9.17, 15) is 81.4 Å². The summed E-state index contributed by atoms with van der Waals surface area (Å²) in [5, 5.41) is 166. The lowest BCUT2D eigenvalue weighted by atomic mass is 9.31. The normalized spacial score (nSPS) is 56.0. The Morgan fingerprint density at radius 1 is 0.623 bits per heavy atom. The van der Waals surface area contributed by atoms with Crippen LogP contribution < -0.4 is 0 Å². The summed E-state index contributed by atoms with van der Waals surface area (Å²) in [6.07, 6.45) is -28.1. The Morgan fingerprint density at radius 3 is 1.75 bits per heavy atom. The van der Waals surface area contributed by atoms with Crippen molar-refractivity contribution in [2.24, 2.45) is 50.2 Å². The standard InChI is InChI=1S/C47H76O22/c1-42(2)13-19-18-7-8-23-43(3)11-10-24(44(4,16-50)22(43)9-12-45(23,5)46(18,6)35(59)37(61)47(19,17-51)36(60)34(42)58)66-41-33(69-40-29(56)27(54)25(52)20(14-48)64-40)31(30(57)32(68-41)38(62)63)67-39-28(55)26(53)21(15-49)65-39/h9,18-21,23-37,39-41,48-61H,7-8,10-17H2,1-6H3,(H,62,63)/t18-,19+,20-,21+,23-,24?,25-,26+,27+,28-,29-,30-,31+,32+,33-,34+,35+,36+,37-,39-,40+,41-,43+,44-,45-,46+,47-/m1/s1. The number of rotatable bonds is 11. The third-order valence-corrected chi connectivity index (χ3v) is 19.5. The molecular formula is C47H76O22. The van der Waals surface area contributed by atoms with Crippen LogP contribution in [0.5, 0.6) is 0 Å². The van der Waals surface area contributed by atoms with Gasteiger partial charge in [-0.15, -0.1) is 0 Å². The highest BCUT2D eigenvalue weighted by Crippen LogP contribution is 2.76. The maximum absolute atomic E-state index is 12.8. The molecule has 3 saturated heterocycles. The molecule has 0 aromatic heterocycles. The van der Waals surface area contributed by atoms with Gasteiger partial charge >= 0.3 is 5.97 Å². The molecule has 0 bridgehead atoms. The average Bonchev–Trinajstić information content (AvgIpc) is 3.58. The van der Waals surface area contributed by atoms with Crippen LogP contribution in [0, 0.1) is 50.2 Å². The van der Waals surface area contributed by atoms with E-state index in [0.29, 0.717) is 32.1 Å². The van der Waals surface area contributed by atoms with Gasteiger partial charge in [0.25, 0.3) is 0 Å². The lowest BCUT2D eigenvalue weighted by molar-refractivity contribution is -0.384. The highest BCUT2D eigenvalue weighted by molar-refractivity contribution is 5.73. The molecule has 396 valence electrons. The van der Waals surface area contributed by atoms with E-state index in [0.717, 1.165) is 5.57 Å². The van der Waals surface area contributed by atoms with Crippen molar-refractivity contribution in [3.8, 4) is 0 Å². The second-order valence-corrected chi connectivity index (χ2v) is 23.1. The number of aliphatic hydroxyl groups is 14. The number of carbonyl (C=O) groups is 1. The van der Waals surface area contributed by atoms with Crippen LogP contribution in [0.3, 0.4) is 0 Å². The number of fused-ring (bicyclic) bond motifs is 7. The summed E-state index contributed by atoms with van der Waals surface area (Å²) in [6.45, 7) is 8.87. The van der Waals surface area contributed by atoms with Crippen molar-refractivity contribution in [2.75, 3.05) is 26.4 Å². The predicted molar refractivity (Wildman–Crippen MR) is 232 cm³/mol. The molecule has 0 aromatic rings. The minimum Gasteiger partial charge on any atom is -0.479 e. The van der Waals surface area contributed by atoms with Gasteiger partial charge in [-0.2, -0.15) is 0 Å². The van der Waals surface area contributed by atoms with Crippen molar-refractivity contribution in [3.05, 3.63) is 11.6 Å². The van der Waals surface area contributed by atoms with Crippen LogP contribution in [0.2, 0.25) is 0 Å². The first kappa shape index (κ1) is 53.7. The van der Waals surface area contributed by atoms with E-state index < -0.39 is 187 Å². The van der Waals surface area contributed by atoms with Gasteiger partial charge in [0.05, 0.1) is 62.4 Å². The Kier molecular flexibility index (Phi) is 14.5. The number of hydrogen-bond donors (Lipinski definition) is 15. The van der Waals surface area contributed by atoms with Gasteiger partial charge in [0.1, 0.15) is 61.0 Å². The van der Waals surface area contributed by atoms with E-state index >= 15 is 0 Å². The number of hydrogen-bond acceptors (Lipinski definition) is 21. The molecule has 3 heterocycles. The van der Waals surface area contributed by atoms with E-state index in [2.05, 4.69) is 13.8 Å². The summed E-state index contributed by atoms with van der Waals surface area (Å²) in [7, 11) is 0. The molecule has 0 spiro atoms. The zero-order valence-electron chi connectivity index (χ0n) is 39.9. The molecular weight excluding hydrogens is 916 g/mol. The number of aliphatic carboxylic acids is 1. The van der Waals surface area contributed by atoms with Crippen molar-refractivity contribution in [1.82, 2.24) is 0 Å². The van der Waals surface area contributed by atoms with Gasteiger partial charge in [-0.25, -0.2) is 4.79 Å². The molecule has 5 aliphatic carbocycles. The maximum Gasteiger partial charge on any atom is 0.335 e. The lowest BCUT2D eigenvalue weighted by Crippen LogP contribution is -2.78. The fourth-order valence-electron chi connectivity index (χ4n) is 15.3. The molecule has 4 saturated carbocycles. The lowest BCUT2D eigenvalue weighted by Gasteiger charge is -2.74. The van der Waals surface area contributed by atoms with Gasteiger partial charge < -0.3 is 105 Å². The van der Waals surface area contributed by atoms with E-state index in [-0.39, 0.29) is 18.3 Å². The highest BCUT2D eigenvalue weighted by atomic mass is 16.8. The summed E-state index contributed by atoms with van der Waals surface area (Å²) in [4.78, 5) is 12.8. The predicted octanol–water partition coefficient (Wildman–Crippen LogP) is -3.80. The van der Waals surface area contributed by atoms with E-state index in [4.69, 9.17) is 28.4 Å². The fourth-order valence-corrected chi connectivity index (χ4v) is 15.3.